The first-order valence-electron chi connectivity index (χ1n) is 5.53. The number of aromatic hydroxyl groups is 1. The third kappa shape index (κ3) is 3.14. The summed E-state index contributed by atoms with van der Waals surface area (Å²) in [6.45, 7) is 1.77. The number of phenols is 1. The van der Waals surface area contributed by atoms with Crippen molar-refractivity contribution < 1.29 is 10.2 Å². The lowest BCUT2D eigenvalue weighted by Crippen LogP contribution is -2.43. The van der Waals surface area contributed by atoms with Gasteiger partial charge in [-0.05, 0) is 44.1 Å². The first kappa shape index (κ1) is 11.8. The maximum Gasteiger partial charge on any atom is 0.116 e. The van der Waals surface area contributed by atoms with Crippen LogP contribution < -0.4 is 5.32 Å². The minimum atomic E-state index is -0.554. The van der Waals surface area contributed by atoms with E-state index < -0.39 is 5.60 Å². The van der Waals surface area contributed by atoms with Gasteiger partial charge in [-0.2, -0.15) is 0 Å². The van der Waals surface area contributed by atoms with Crippen LogP contribution in [0, 0.1) is 0 Å². The van der Waals surface area contributed by atoms with Crippen LogP contribution in [0.1, 0.15) is 12.8 Å². The van der Waals surface area contributed by atoms with Crippen LogP contribution in [0.5, 0.6) is 5.75 Å². The van der Waals surface area contributed by atoms with Gasteiger partial charge in [-0.15, -0.1) is 11.8 Å². The summed E-state index contributed by atoms with van der Waals surface area (Å²) in [7, 11) is 0. The number of piperidine rings is 1. The fraction of sp³-hybridized carbons (Fsp3) is 0.500. The topological polar surface area (TPSA) is 52.5 Å². The van der Waals surface area contributed by atoms with E-state index in [0.29, 0.717) is 5.75 Å². The molecule has 16 heavy (non-hydrogen) atoms. The Hall–Kier alpha value is -0.710. The molecule has 0 atom stereocenters. The van der Waals surface area contributed by atoms with Crippen LogP contribution in [0.3, 0.4) is 0 Å². The van der Waals surface area contributed by atoms with Gasteiger partial charge in [0.25, 0.3) is 0 Å². The van der Waals surface area contributed by atoms with Crippen molar-refractivity contribution in [3.8, 4) is 5.75 Å². The van der Waals surface area contributed by atoms with E-state index in [0.717, 1.165) is 30.8 Å². The molecule has 1 fully saturated rings. The van der Waals surface area contributed by atoms with Crippen LogP contribution in [0.2, 0.25) is 0 Å². The minimum absolute atomic E-state index is 0.280. The van der Waals surface area contributed by atoms with E-state index in [2.05, 4.69) is 5.32 Å². The average molecular weight is 239 g/mol. The van der Waals surface area contributed by atoms with Crippen LogP contribution in [0.25, 0.3) is 0 Å². The third-order valence-corrected chi connectivity index (χ3v) is 4.13. The Morgan fingerprint density at radius 2 is 2.06 bits per heavy atom. The summed E-state index contributed by atoms with van der Waals surface area (Å²) < 4.78 is 0. The number of thioether (sulfide) groups is 1. The maximum absolute atomic E-state index is 10.3. The molecule has 0 aliphatic carbocycles. The van der Waals surface area contributed by atoms with Crippen molar-refractivity contribution in [1.82, 2.24) is 5.32 Å². The molecule has 2 rings (SSSR count). The van der Waals surface area contributed by atoms with Crippen molar-refractivity contribution in [3.05, 3.63) is 24.3 Å². The van der Waals surface area contributed by atoms with E-state index >= 15 is 0 Å². The van der Waals surface area contributed by atoms with E-state index in [9.17, 15) is 10.2 Å². The summed E-state index contributed by atoms with van der Waals surface area (Å²) in [5.41, 5.74) is -0.554. The Bertz CT molecular complexity index is 351. The highest BCUT2D eigenvalue weighted by Crippen LogP contribution is 2.29. The second-order valence-electron chi connectivity index (χ2n) is 4.26. The van der Waals surface area contributed by atoms with Gasteiger partial charge in [-0.25, -0.2) is 0 Å². The first-order chi connectivity index (χ1) is 7.68. The summed E-state index contributed by atoms with van der Waals surface area (Å²) >= 11 is 1.60. The molecule has 0 amide bonds. The van der Waals surface area contributed by atoms with Crippen LogP contribution in [0.15, 0.2) is 29.2 Å². The smallest absolute Gasteiger partial charge is 0.116 e. The van der Waals surface area contributed by atoms with E-state index in [-0.39, 0.29) is 5.75 Å². The zero-order valence-electron chi connectivity index (χ0n) is 9.15. The van der Waals surface area contributed by atoms with Gasteiger partial charge >= 0.3 is 0 Å². The highest BCUT2D eigenvalue weighted by molar-refractivity contribution is 7.99. The highest BCUT2D eigenvalue weighted by atomic mass is 32.2. The monoisotopic (exact) mass is 239 g/mol. The van der Waals surface area contributed by atoms with Gasteiger partial charge in [0.2, 0.25) is 0 Å². The Labute approximate surface area is 99.9 Å². The lowest BCUT2D eigenvalue weighted by molar-refractivity contribution is 0.0339. The molecule has 1 aromatic rings. The van der Waals surface area contributed by atoms with Crippen molar-refractivity contribution in [2.75, 3.05) is 18.8 Å². The molecule has 0 unspecified atom stereocenters. The standard InChI is InChI=1S/C12H17NO2S/c14-10-2-1-3-11(8-10)16-9-12(15)4-6-13-7-5-12/h1-3,8,13-15H,4-7,9H2. The van der Waals surface area contributed by atoms with Gasteiger partial charge in [0, 0.05) is 10.6 Å². The molecule has 0 spiro atoms. The lowest BCUT2D eigenvalue weighted by atomic mass is 9.95. The van der Waals surface area contributed by atoms with Crippen molar-refractivity contribution in [2.45, 2.75) is 23.3 Å². The van der Waals surface area contributed by atoms with Gasteiger partial charge in [-0.3, -0.25) is 0 Å². The molecule has 1 aliphatic rings. The van der Waals surface area contributed by atoms with Crippen molar-refractivity contribution in [1.29, 1.82) is 0 Å². The third-order valence-electron chi connectivity index (χ3n) is 2.86. The van der Waals surface area contributed by atoms with Gasteiger partial charge < -0.3 is 15.5 Å². The predicted molar refractivity (Wildman–Crippen MR) is 65.9 cm³/mol. The SMILES string of the molecule is Oc1cccc(SCC2(O)CCNCC2)c1. The predicted octanol–water partition coefficient (Wildman–Crippen LogP) is 1.60. The summed E-state index contributed by atoms with van der Waals surface area (Å²) in [6, 6.07) is 7.16. The van der Waals surface area contributed by atoms with E-state index in [1.165, 1.54) is 0 Å². The molecule has 0 bridgehead atoms. The van der Waals surface area contributed by atoms with E-state index in [1.54, 1.807) is 23.9 Å². The van der Waals surface area contributed by atoms with E-state index in [4.69, 9.17) is 0 Å². The Morgan fingerprint density at radius 1 is 1.31 bits per heavy atom. The van der Waals surface area contributed by atoms with Gasteiger partial charge in [0.15, 0.2) is 0 Å². The van der Waals surface area contributed by atoms with E-state index in [1.807, 2.05) is 12.1 Å². The molecular formula is C12H17NO2S. The number of phenolic OH excluding ortho intramolecular Hbond substituents is 1. The summed E-state index contributed by atoms with van der Waals surface area (Å²) in [6.07, 6.45) is 1.61. The second-order valence-corrected chi connectivity index (χ2v) is 5.31. The fourth-order valence-electron chi connectivity index (χ4n) is 1.83. The molecule has 0 saturated carbocycles. The van der Waals surface area contributed by atoms with Crippen LogP contribution in [-0.4, -0.2) is 34.7 Å². The molecule has 1 heterocycles. The minimum Gasteiger partial charge on any atom is -0.508 e. The molecule has 3 nitrogen and oxygen atoms in total. The van der Waals surface area contributed by atoms with Gasteiger partial charge in [0.1, 0.15) is 5.75 Å². The van der Waals surface area contributed by atoms with Crippen molar-refractivity contribution in [2.24, 2.45) is 0 Å². The van der Waals surface area contributed by atoms with Crippen LogP contribution >= 0.6 is 11.8 Å². The summed E-state index contributed by atoms with van der Waals surface area (Å²) in [5.74, 6) is 0.973. The molecular weight excluding hydrogens is 222 g/mol. The number of aliphatic hydroxyl groups is 1. The molecule has 3 N–H and O–H groups in total. The van der Waals surface area contributed by atoms with Crippen LogP contribution in [-0.2, 0) is 0 Å². The van der Waals surface area contributed by atoms with Gasteiger partial charge in [-0.1, -0.05) is 6.07 Å². The molecule has 0 radical (unpaired) electrons. The van der Waals surface area contributed by atoms with Crippen molar-refractivity contribution in [3.63, 3.8) is 0 Å². The van der Waals surface area contributed by atoms with Crippen molar-refractivity contribution >= 4 is 11.8 Å². The lowest BCUT2D eigenvalue weighted by Gasteiger charge is -2.32. The largest absolute Gasteiger partial charge is 0.508 e. The summed E-state index contributed by atoms with van der Waals surface area (Å²) in [5, 5.41) is 22.8. The maximum atomic E-state index is 10.3. The fourth-order valence-corrected chi connectivity index (χ4v) is 2.93. The molecule has 1 aliphatic heterocycles. The molecule has 88 valence electrons. The number of hydrogen-bond acceptors (Lipinski definition) is 4. The zero-order valence-corrected chi connectivity index (χ0v) is 9.96. The first-order valence-corrected chi connectivity index (χ1v) is 6.51. The highest BCUT2D eigenvalue weighted by Gasteiger charge is 2.28. The number of benzene rings is 1. The Kier molecular flexibility index (Phi) is 3.74. The molecule has 1 aromatic carbocycles. The summed E-state index contributed by atoms with van der Waals surface area (Å²) in [4.78, 5) is 1.01. The zero-order chi connectivity index (χ0) is 11.4. The normalized spacial score (nSPS) is 19.6. The average Bonchev–Trinajstić information content (AvgIpc) is 2.28. The Morgan fingerprint density at radius 3 is 2.75 bits per heavy atom. The quantitative estimate of drug-likeness (QED) is 0.701. The Balaban J connectivity index is 1.91. The molecule has 4 heteroatoms. The number of rotatable bonds is 3. The van der Waals surface area contributed by atoms with Gasteiger partial charge in [0.05, 0.1) is 5.60 Å². The molecule has 0 aromatic heterocycles. The van der Waals surface area contributed by atoms with Crippen LogP contribution in [0.4, 0.5) is 0 Å². The number of nitrogens with one attached hydrogen (secondary N) is 1. The molecule has 1 saturated heterocycles. The number of hydrogen-bond donors (Lipinski definition) is 3. The second kappa shape index (κ2) is 5.08.